The van der Waals surface area contributed by atoms with E-state index in [1.54, 1.807) is 26.2 Å². The number of aromatic nitrogens is 1. The lowest BCUT2D eigenvalue weighted by molar-refractivity contribution is -0.144. The summed E-state index contributed by atoms with van der Waals surface area (Å²) < 4.78 is 10.2. The molecule has 0 spiro atoms. The normalized spacial score (nSPS) is 19.7. The number of carbonyl (C=O) groups is 1. The van der Waals surface area contributed by atoms with Crippen LogP contribution in [0.25, 0.3) is 0 Å². The third kappa shape index (κ3) is 4.19. The van der Waals surface area contributed by atoms with E-state index in [9.17, 15) is 4.79 Å². The first-order chi connectivity index (χ1) is 8.17. The molecule has 0 radical (unpaired) electrons. The Morgan fingerprint density at radius 1 is 1.47 bits per heavy atom. The van der Waals surface area contributed by atoms with Gasteiger partial charge in [0.15, 0.2) is 0 Å². The van der Waals surface area contributed by atoms with Gasteiger partial charge in [0, 0.05) is 5.92 Å². The van der Waals surface area contributed by atoms with Crippen molar-refractivity contribution < 1.29 is 14.3 Å². The van der Waals surface area contributed by atoms with Gasteiger partial charge in [-0.25, -0.2) is 4.98 Å². The minimum absolute atomic E-state index is 0. The predicted molar refractivity (Wildman–Crippen MR) is 84.0 cm³/mol. The highest BCUT2D eigenvalue weighted by molar-refractivity contribution is 7.59. The number of rotatable bonds is 4. The number of hydrogen-bond donors (Lipinski definition) is 0. The summed E-state index contributed by atoms with van der Waals surface area (Å²) >= 11 is 5.85. The molecule has 1 fully saturated rings. The standard InChI is InChI=1S/C12H14ClNO3.2H2S/c1-3-17-12(15)8-6-7(8)11-9(16-2)4-5-10(13)14-11;;/h4-5,7-8H,3,6H2,1-2H3;2*1H2/t7-,8-;;/m0../s1. The van der Waals surface area contributed by atoms with Gasteiger partial charge in [-0.15, -0.1) is 0 Å². The minimum Gasteiger partial charge on any atom is -0.495 e. The Bertz CT molecular complexity index is 445. The Balaban J connectivity index is 0.00000162. The molecule has 0 N–H and O–H groups in total. The van der Waals surface area contributed by atoms with Crippen molar-refractivity contribution in [1.82, 2.24) is 4.98 Å². The summed E-state index contributed by atoms with van der Waals surface area (Å²) in [5.41, 5.74) is 0.748. The molecular formula is C12H18ClNO3S2. The van der Waals surface area contributed by atoms with E-state index < -0.39 is 0 Å². The number of pyridine rings is 1. The van der Waals surface area contributed by atoms with Crippen molar-refractivity contribution in [1.29, 1.82) is 0 Å². The van der Waals surface area contributed by atoms with E-state index >= 15 is 0 Å². The molecule has 0 amide bonds. The van der Waals surface area contributed by atoms with E-state index in [4.69, 9.17) is 21.1 Å². The fraction of sp³-hybridized carbons (Fsp3) is 0.500. The van der Waals surface area contributed by atoms with Gasteiger partial charge in [0.1, 0.15) is 10.9 Å². The number of esters is 1. The van der Waals surface area contributed by atoms with Crippen LogP contribution in [-0.4, -0.2) is 24.7 Å². The second kappa shape index (κ2) is 7.87. The fourth-order valence-corrected chi connectivity index (χ4v) is 2.04. The van der Waals surface area contributed by atoms with E-state index in [2.05, 4.69) is 4.98 Å². The molecule has 4 nitrogen and oxygen atoms in total. The third-order valence-electron chi connectivity index (χ3n) is 2.80. The number of hydrogen-bond acceptors (Lipinski definition) is 4. The smallest absolute Gasteiger partial charge is 0.309 e. The maximum absolute atomic E-state index is 11.5. The van der Waals surface area contributed by atoms with Crippen LogP contribution in [0, 0.1) is 5.92 Å². The molecule has 1 saturated carbocycles. The zero-order valence-electron chi connectivity index (χ0n) is 10.8. The van der Waals surface area contributed by atoms with E-state index in [0.717, 1.165) is 12.1 Å². The highest BCUT2D eigenvalue weighted by Gasteiger charge is 2.47. The van der Waals surface area contributed by atoms with Crippen LogP contribution in [0.2, 0.25) is 5.15 Å². The first-order valence-corrected chi connectivity index (χ1v) is 5.92. The topological polar surface area (TPSA) is 48.4 Å². The van der Waals surface area contributed by atoms with Crippen LogP contribution in [0.4, 0.5) is 0 Å². The lowest BCUT2D eigenvalue weighted by Gasteiger charge is -2.07. The van der Waals surface area contributed by atoms with Gasteiger partial charge in [0.05, 0.1) is 25.3 Å². The van der Waals surface area contributed by atoms with Crippen molar-refractivity contribution in [2.45, 2.75) is 19.3 Å². The first kappa shape index (κ1) is 18.4. The summed E-state index contributed by atoms with van der Waals surface area (Å²) in [5, 5.41) is 0.412. The predicted octanol–water partition coefficient (Wildman–Crippen LogP) is 2.64. The average molecular weight is 324 g/mol. The Kier molecular flexibility index (Phi) is 7.62. The summed E-state index contributed by atoms with van der Waals surface area (Å²) in [5.74, 6) is 0.477. The molecule has 1 aliphatic carbocycles. The molecule has 1 aromatic heterocycles. The molecule has 0 aromatic carbocycles. The second-order valence-corrected chi connectivity index (χ2v) is 4.31. The van der Waals surface area contributed by atoms with Gasteiger partial charge in [-0.05, 0) is 25.5 Å². The average Bonchev–Trinajstić information content (AvgIpc) is 3.09. The maximum atomic E-state index is 11.5. The van der Waals surface area contributed by atoms with Crippen molar-refractivity contribution in [3.05, 3.63) is 23.0 Å². The number of ether oxygens (including phenoxy) is 2. The summed E-state index contributed by atoms with van der Waals surface area (Å²) in [7, 11) is 1.58. The lowest BCUT2D eigenvalue weighted by Crippen LogP contribution is -2.08. The highest BCUT2D eigenvalue weighted by Crippen LogP contribution is 2.50. The fourth-order valence-electron chi connectivity index (χ4n) is 1.88. The summed E-state index contributed by atoms with van der Waals surface area (Å²) in [6.45, 7) is 2.20. The van der Waals surface area contributed by atoms with E-state index in [0.29, 0.717) is 17.5 Å². The summed E-state index contributed by atoms with van der Waals surface area (Å²) in [6, 6.07) is 3.44. The molecule has 0 saturated heterocycles. The van der Waals surface area contributed by atoms with Crippen LogP contribution >= 0.6 is 38.6 Å². The Hall–Kier alpha value is -0.590. The minimum atomic E-state index is -0.165. The number of nitrogens with zero attached hydrogens (tertiary/aromatic N) is 1. The lowest BCUT2D eigenvalue weighted by atomic mass is 10.2. The molecular weight excluding hydrogens is 306 g/mol. The molecule has 2 atom stereocenters. The maximum Gasteiger partial charge on any atom is 0.309 e. The summed E-state index contributed by atoms with van der Waals surface area (Å²) in [6.07, 6.45) is 0.753. The monoisotopic (exact) mass is 323 g/mol. The molecule has 0 unspecified atom stereocenters. The van der Waals surface area contributed by atoms with Gasteiger partial charge in [-0.2, -0.15) is 27.0 Å². The van der Waals surface area contributed by atoms with Crippen LogP contribution in [-0.2, 0) is 9.53 Å². The van der Waals surface area contributed by atoms with E-state index in [1.165, 1.54) is 0 Å². The van der Waals surface area contributed by atoms with Crippen molar-refractivity contribution >= 4 is 44.6 Å². The molecule has 2 rings (SSSR count). The zero-order chi connectivity index (χ0) is 12.4. The highest BCUT2D eigenvalue weighted by atomic mass is 35.5. The number of methoxy groups -OCH3 is 1. The van der Waals surface area contributed by atoms with E-state index in [1.807, 2.05) is 0 Å². The molecule has 0 aliphatic heterocycles. The zero-order valence-corrected chi connectivity index (χ0v) is 13.5. The Labute approximate surface area is 131 Å². The SMILES string of the molecule is CCOC(=O)[C@H]1C[C@@H]1c1nc(Cl)ccc1OC.S.S. The van der Waals surface area contributed by atoms with Gasteiger partial charge >= 0.3 is 5.97 Å². The van der Waals surface area contributed by atoms with Crippen LogP contribution in [0.15, 0.2) is 12.1 Å². The first-order valence-electron chi connectivity index (χ1n) is 5.54. The second-order valence-electron chi connectivity index (χ2n) is 3.92. The molecule has 108 valence electrons. The van der Waals surface area contributed by atoms with Gasteiger partial charge in [-0.3, -0.25) is 4.79 Å². The van der Waals surface area contributed by atoms with Crippen LogP contribution < -0.4 is 4.74 Å². The summed E-state index contributed by atoms with van der Waals surface area (Å²) in [4.78, 5) is 15.8. The van der Waals surface area contributed by atoms with Crippen molar-refractivity contribution in [3.8, 4) is 5.75 Å². The van der Waals surface area contributed by atoms with Crippen molar-refractivity contribution in [2.75, 3.05) is 13.7 Å². The molecule has 0 bridgehead atoms. The quantitative estimate of drug-likeness (QED) is 0.631. The molecule has 7 heteroatoms. The molecule has 19 heavy (non-hydrogen) atoms. The van der Waals surface area contributed by atoms with Crippen LogP contribution in [0.3, 0.4) is 0 Å². The van der Waals surface area contributed by atoms with Crippen molar-refractivity contribution in [2.24, 2.45) is 5.92 Å². The van der Waals surface area contributed by atoms with Gasteiger partial charge in [0.2, 0.25) is 0 Å². The number of carbonyl (C=O) groups excluding carboxylic acids is 1. The number of halogens is 1. The molecule has 1 aromatic rings. The molecule has 1 aliphatic rings. The third-order valence-corrected chi connectivity index (χ3v) is 3.01. The van der Waals surface area contributed by atoms with E-state index in [-0.39, 0.29) is 44.8 Å². The van der Waals surface area contributed by atoms with Gasteiger partial charge in [0.25, 0.3) is 0 Å². The Morgan fingerprint density at radius 2 is 2.16 bits per heavy atom. The van der Waals surface area contributed by atoms with Crippen LogP contribution in [0.5, 0.6) is 5.75 Å². The Morgan fingerprint density at radius 3 is 2.74 bits per heavy atom. The van der Waals surface area contributed by atoms with Crippen LogP contribution in [0.1, 0.15) is 25.0 Å². The van der Waals surface area contributed by atoms with Gasteiger partial charge < -0.3 is 9.47 Å². The van der Waals surface area contributed by atoms with Crippen molar-refractivity contribution in [3.63, 3.8) is 0 Å². The van der Waals surface area contributed by atoms with Gasteiger partial charge in [-0.1, -0.05) is 11.6 Å². The molecule has 1 heterocycles. The largest absolute Gasteiger partial charge is 0.495 e.